The zero-order valence-corrected chi connectivity index (χ0v) is 18.5. The average molecular weight is 430 g/mol. The van der Waals surface area contributed by atoms with Crippen molar-refractivity contribution in [3.8, 4) is 6.07 Å². The number of fused-ring (bicyclic) bond motifs is 1. The van der Waals surface area contributed by atoms with Crippen LogP contribution in [0.3, 0.4) is 0 Å². The van der Waals surface area contributed by atoms with Crippen LogP contribution in [0, 0.1) is 11.3 Å². The highest BCUT2D eigenvalue weighted by Gasteiger charge is 2.43. The molecule has 1 aromatic rings. The molecular formula is C23H31N3O5. The van der Waals surface area contributed by atoms with Crippen LogP contribution in [0.15, 0.2) is 18.2 Å². The topological polar surface area (TPSA) is 110 Å². The molecular weight excluding hydrogens is 398 g/mol. The summed E-state index contributed by atoms with van der Waals surface area (Å²) in [6.07, 6.45) is 1.22. The number of rotatable bonds is 5. The average Bonchev–Trinajstić information content (AvgIpc) is 2.72. The molecule has 2 amide bonds. The fraction of sp³-hybridized carbons (Fsp3) is 0.609. The van der Waals surface area contributed by atoms with Crippen LogP contribution in [0.2, 0.25) is 0 Å². The van der Waals surface area contributed by atoms with Crippen molar-refractivity contribution in [3.05, 3.63) is 34.9 Å². The number of alkyl carbamates (subject to hydrolysis) is 1. The zero-order valence-electron chi connectivity index (χ0n) is 18.5. The van der Waals surface area contributed by atoms with Gasteiger partial charge >= 0.3 is 6.09 Å². The molecule has 2 heterocycles. The Bertz CT molecular complexity index is 850. The first-order chi connectivity index (χ1) is 14.7. The number of ether oxygens (including phenoxy) is 3. The van der Waals surface area contributed by atoms with Crippen LogP contribution in [0.1, 0.15) is 50.3 Å². The first-order valence-electron chi connectivity index (χ1n) is 10.7. The molecule has 2 aliphatic rings. The lowest BCUT2D eigenvalue weighted by atomic mass is 9.88. The van der Waals surface area contributed by atoms with E-state index in [4.69, 9.17) is 14.2 Å². The van der Waals surface area contributed by atoms with Gasteiger partial charge in [-0.05, 0) is 43.9 Å². The highest BCUT2D eigenvalue weighted by molar-refractivity contribution is 5.90. The molecule has 2 N–H and O–H groups in total. The van der Waals surface area contributed by atoms with Crippen molar-refractivity contribution >= 4 is 12.0 Å². The van der Waals surface area contributed by atoms with E-state index < -0.39 is 29.2 Å². The van der Waals surface area contributed by atoms with E-state index in [0.717, 1.165) is 24.2 Å². The predicted molar refractivity (Wildman–Crippen MR) is 113 cm³/mol. The Morgan fingerprint density at radius 3 is 2.61 bits per heavy atom. The number of nitrogens with one attached hydrogen (secondary N) is 2. The van der Waals surface area contributed by atoms with Crippen LogP contribution < -0.4 is 10.6 Å². The summed E-state index contributed by atoms with van der Waals surface area (Å²) in [5.74, 6) is -0.394. The largest absolute Gasteiger partial charge is 0.444 e. The summed E-state index contributed by atoms with van der Waals surface area (Å²) in [5, 5.41) is 15.2. The van der Waals surface area contributed by atoms with Crippen LogP contribution in [-0.2, 0) is 38.5 Å². The maximum atomic E-state index is 13.2. The number of nitriles is 1. The Morgan fingerprint density at radius 1 is 1.19 bits per heavy atom. The summed E-state index contributed by atoms with van der Waals surface area (Å²) >= 11 is 0. The SMILES string of the molecule is CC(C)(C)OC(=O)NC1(C(=O)N[C@H](C#N)Cc2ccc3c(c2)COCC3)CCOCC1. The third kappa shape index (κ3) is 6.18. The lowest BCUT2D eigenvalue weighted by molar-refractivity contribution is -0.132. The summed E-state index contributed by atoms with van der Waals surface area (Å²) in [4.78, 5) is 25.6. The predicted octanol–water partition coefficient (Wildman–Crippen LogP) is 2.38. The molecule has 1 atom stereocenters. The van der Waals surface area contributed by atoms with E-state index in [-0.39, 0.29) is 0 Å². The van der Waals surface area contributed by atoms with Gasteiger partial charge in [0.15, 0.2) is 0 Å². The molecule has 3 rings (SSSR count). The lowest BCUT2D eigenvalue weighted by Gasteiger charge is -2.37. The monoisotopic (exact) mass is 429 g/mol. The van der Waals surface area contributed by atoms with Gasteiger partial charge in [-0.25, -0.2) is 4.79 Å². The van der Waals surface area contributed by atoms with E-state index in [1.54, 1.807) is 20.8 Å². The molecule has 2 aliphatic heterocycles. The molecule has 0 unspecified atom stereocenters. The van der Waals surface area contributed by atoms with Crippen LogP contribution >= 0.6 is 0 Å². The molecule has 1 saturated heterocycles. The van der Waals surface area contributed by atoms with Gasteiger partial charge in [-0.1, -0.05) is 18.2 Å². The summed E-state index contributed by atoms with van der Waals surface area (Å²) in [5.41, 5.74) is 1.49. The smallest absolute Gasteiger partial charge is 0.408 e. The quantitative estimate of drug-likeness (QED) is 0.744. The van der Waals surface area contributed by atoms with Crippen LogP contribution in [0.5, 0.6) is 0 Å². The number of amides is 2. The standard InChI is InChI=1S/C23H31N3O5/c1-22(2,3)31-21(28)26-23(7-10-29-11-8-23)20(27)25-19(14-24)13-16-4-5-17-6-9-30-15-18(17)12-16/h4-5,12,19H,6-11,13,15H2,1-3H3,(H,25,27)(H,26,28)/t19-/m0/s1. The highest BCUT2D eigenvalue weighted by Crippen LogP contribution is 2.23. The zero-order chi connectivity index (χ0) is 22.5. The summed E-state index contributed by atoms with van der Waals surface area (Å²) < 4.78 is 16.2. The van der Waals surface area contributed by atoms with Crippen LogP contribution in [0.4, 0.5) is 4.79 Å². The van der Waals surface area contributed by atoms with Crippen molar-refractivity contribution in [2.75, 3.05) is 19.8 Å². The Kier molecular flexibility index (Phi) is 7.19. The van der Waals surface area contributed by atoms with Gasteiger partial charge in [0.2, 0.25) is 5.91 Å². The maximum absolute atomic E-state index is 13.2. The van der Waals surface area contributed by atoms with Crippen molar-refractivity contribution in [2.24, 2.45) is 0 Å². The Balaban J connectivity index is 1.69. The molecule has 1 aromatic carbocycles. The minimum Gasteiger partial charge on any atom is -0.444 e. The summed E-state index contributed by atoms with van der Waals surface area (Å²) in [6, 6.07) is 7.53. The van der Waals surface area contributed by atoms with Gasteiger partial charge in [-0.15, -0.1) is 0 Å². The van der Waals surface area contributed by atoms with Gasteiger partial charge in [-0.2, -0.15) is 5.26 Å². The highest BCUT2D eigenvalue weighted by atomic mass is 16.6. The fourth-order valence-electron chi connectivity index (χ4n) is 3.84. The second kappa shape index (κ2) is 9.67. The summed E-state index contributed by atoms with van der Waals surface area (Å²) in [7, 11) is 0. The van der Waals surface area contributed by atoms with Gasteiger partial charge in [0.1, 0.15) is 17.2 Å². The number of hydrogen-bond donors (Lipinski definition) is 2. The molecule has 0 aromatic heterocycles. The molecule has 1 fully saturated rings. The number of carbonyl (C=O) groups excluding carboxylic acids is 2. The molecule has 0 aliphatic carbocycles. The van der Waals surface area contributed by atoms with E-state index in [0.29, 0.717) is 39.1 Å². The Hall–Kier alpha value is -2.63. The van der Waals surface area contributed by atoms with Crippen molar-refractivity contribution in [2.45, 2.75) is 70.2 Å². The van der Waals surface area contributed by atoms with Crippen LogP contribution in [-0.4, -0.2) is 49.0 Å². The second-order valence-corrected chi connectivity index (χ2v) is 9.09. The first kappa shape index (κ1) is 23.0. The molecule has 8 nitrogen and oxygen atoms in total. The second-order valence-electron chi connectivity index (χ2n) is 9.09. The van der Waals surface area contributed by atoms with E-state index in [1.807, 2.05) is 12.1 Å². The van der Waals surface area contributed by atoms with Gasteiger partial charge in [0, 0.05) is 32.5 Å². The van der Waals surface area contributed by atoms with Crippen LogP contribution in [0.25, 0.3) is 0 Å². The van der Waals surface area contributed by atoms with Gasteiger partial charge in [0.25, 0.3) is 0 Å². The van der Waals surface area contributed by atoms with E-state index in [9.17, 15) is 14.9 Å². The number of nitrogens with zero attached hydrogens (tertiary/aromatic N) is 1. The van der Waals surface area contributed by atoms with E-state index in [1.165, 1.54) is 5.56 Å². The van der Waals surface area contributed by atoms with E-state index in [2.05, 4.69) is 22.8 Å². The summed E-state index contributed by atoms with van der Waals surface area (Å²) in [6.45, 7) is 7.25. The molecule has 0 radical (unpaired) electrons. The molecule has 0 spiro atoms. The Morgan fingerprint density at radius 2 is 1.94 bits per heavy atom. The maximum Gasteiger partial charge on any atom is 0.408 e. The molecule has 168 valence electrons. The first-order valence-corrected chi connectivity index (χ1v) is 10.7. The lowest BCUT2D eigenvalue weighted by Crippen LogP contribution is -2.63. The van der Waals surface area contributed by atoms with E-state index >= 15 is 0 Å². The molecule has 0 bridgehead atoms. The van der Waals surface area contributed by atoms with Crippen molar-refractivity contribution in [3.63, 3.8) is 0 Å². The fourth-order valence-corrected chi connectivity index (χ4v) is 3.84. The molecule has 8 heteroatoms. The minimum atomic E-state index is -1.17. The number of hydrogen-bond acceptors (Lipinski definition) is 6. The van der Waals surface area contributed by atoms with Gasteiger partial charge in [0.05, 0.1) is 19.3 Å². The number of benzene rings is 1. The Labute approximate surface area is 183 Å². The van der Waals surface area contributed by atoms with Gasteiger partial charge in [-0.3, -0.25) is 4.79 Å². The normalized spacial score (nSPS) is 18.8. The molecule has 31 heavy (non-hydrogen) atoms. The van der Waals surface area contributed by atoms with Crippen molar-refractivity contribution in [1.82, 2.24) is 10.6 Å². The third-order valence-corrected chi connectivity index (χ3v) is 5.47. The number of carbonyl (C=O) groups is 2. The third-order valence-electron chi connectivity index (χ3n) is 5.47. The van der Waals surface area contributed by atoms with Crippen molar-refractivity contribution in [1.29, 1.82) is 5.26 Å². The minimum absolute atomic E-state index is 0.312. The van der Waals surface area contributed by atoms with Crippen molar-refractivity contribution < 1.29 is 23.8 Å². The molecule has 0 saturated carbocycles. The van der Waals surface area contributed by atoms with Gasteiger partial charge < -0.3 is 24.8 Å².